The van der Waals surface area contributed by atoms with Gasteiger partial charge in [0.1, 0.15) is 18.1 Å². The minimum Gasteiger partial charge on any atom is -0.497 e. The van der Waals surface area contributed by atoms with E-state index in [4.69, 9.17) is 14.2 Å². The van der Waals surface area contributed by atoms with Crippen molar-refractivity contribution in [3.05, 3.63) is 47.5 Å². The molecule has 0 aliphatic rings. The smallest absolute Gasteiger partial charge is 0.338 e. The fourth-order valence-electron chi connectivity index (χ4n) is 2.52. The predicted molar refractivity (Wildman–Crippen MR) is 104 cm³/mol. The molecule has 2 amide bonds. The Morgan fingerprint density at radius 3 is 1.96 bits per heavy atom. The Morgan fingerprint density at radius 2 is 1.46 bits per heavy atom. The lowest BCUT2D eigenvalue weighted by Crippen LogP contribution is -2.12. The molecule has 0 heterocycles. The summed E-state index contributed by atoms with van der Waals surface area (Å²) < 4.78 is 15.8. The van der Waals surface area contributed by atoms with Crippen LogP contribution in [0.4, 0.5) is 11.4 Å². The first kappa shape index (κ1) is 20.8. The zero-order chi connectivity index (χ0) is 20.7. The number of amides is 2. The first-order chi connectivity index (χ1) is 13.3. The quantitative estimate of drug-likeness (QED) is 0.709. The molecule has 8 nitrogen and oxygen atoms in total. The van der Waals surface area contributed by atoms with E-state index in [1.165, 1.54) is 40.2 Å². The van der Waals surface area contributed by atoms with Crippen LogP contribution in [0.2, 0.25) is 0 Å². The first-order valence-corrected chi connectivity index (χ1v) is 8.40. The molecule has 148 valence electrons. The second-order valence-electron chi connectivity index (χ2n) is 5.92. The van der Waals surface area contributed by atoms with Gasteiger partial charge in [0.2, 0.25) is 11.8 Å². The third-order valence-corrected chi connectivity index (χ3v) is 3.66. The van der Waals surface area contributed by atoms with Crippen molar-refractivity contribution < 1.29 is 28.6 Å². The van der Waals surface area contributed by atoms with Crippen molar-refractivity contribution in [2.75, 3.05) is 24.9 Å². The van der Waals surface area contributed by atoms with E-state index >= 15 is 0 Å². The van der Waals surface area contributed by atoms with Gasteiger partial charge in [0.05, 0.1) is 19.8 Å². The molecule has 0 saturated heterocycles. The van der Waals surface area contributed by atoms with Crippen LogP contribution in [0.15, 0.2) is 36.4 Å². The Hall–Kier alpha value is -3.55. The van der Waals surface area contributed by atoms with Crippen LogP contribution in [-0.4, -0.2) is 32.0 Å². The molecule has 0 atom stereocenters. The van der Waals surface area contributed by atoms with Gasteiger partial charge in [0.25, 0.3) is 0 Å². The second-order valence-corrected chi connectivity index (χ2v) is 5.92. The average molecular weight is 386 g/mol. The number of anilines is 2. The van der Waals surface area contributed by atoms with Gasteiger partial charge in [-0.05, 0) is 36.4 Å². The van der Waals surface area contributed by atoms with E-state index in [1.54, 1.807) is 24.3 Å². The predicted octanol–water partition coefficient (Wildman–Crippen LogP) is 2.98. The van der Waals surface area contributed by atoms with E-state index in [1.807, 2.05) is 0 Å². The molecule has 0 aromatic heterocycles. The lowest BCUT2D eigenvalue weighted by atomic mass is 10.1. The summed E-state index contributed by atoms with van der Waals surface area (Å²) >= 11 is 0. The van der Waals surface area contributed by atoms with E-state index in [2.05, 4.69) is 10.6 Å². The van der Waals surface area contributed by atoms with E-state index < -0.39 is 5.97 Å². The Bertz CT molecular complexity index is 860. The van der Waals surface area contributed by atoms with E-state index in [9.17, 15) is 14.4 Å². The maximum absolute atomic E-state index is 12.5. The van der Waals surface area contributed by atoms with Gasteiger partial charge in [-0.2, -0.15) is 0 Å². The van der Waals surface area contributed by atoms with Crippen molar-refractivity contribution in [1.29, 1.82) is 0 Å². The molecule has 2 aromatic rings. The molecule has 2 rings (SSSR count). The van der Waals surface area contributed by atoms with Gasteiger partial charge in [0.15, 0.2) is 0 Å². The first-order valence-electron chi connectivity index (χ1n) is 8.40. The third kappa shape index (κ3) is 5.73. The Balaban J connectivity index is 2.23. The summed E-state index contributed by atoms with van der Waals surface area (Å²) in [5.74, 6) is -0.0727. The van der Waals surface area contributed by atoms with Gasteiger partial charge in [-0.25, -0.2) is 4.79 Å². The normalized spacial score (nSPS) is 10.0. The van der Waals surface area contributed by atoms with Crippen molar-refractivity contribution >= 4 is 29.2 Å². The highest BCUT2D eigenvalue weighted by molar-refractivity contribution is 5.97. The summed E-state index contributed by atoms with van der Waals surface area (Å²) in [7, 11) is 3.05. The van der Waals surface area contributed by atoms with Crippen LogP contribution < -0.4 is 20.1 Å². The van der Waals surface area contributed by atoms with Crippen LogP contribution in [0.5, 0.6) is 11.5 Å². The van der Waals surface area contributed by atoms with Crippen LogP contribution in [0.25, 0.3) is 0 Å². The number of rotatable bonds is 7. The summed E-state index contributed by atoms with van der Waals surface area (Å²) in [6.07, 6.45) is 0. The van der Waals surface area contributed by atoms with Crippen LogP contribution in [-0.2, 0) is 20.9 Å². The Kier molecular flexibility index (Phi) is 6.97. The average Bonchev–Trinajstić information content (AvgIpc) is 2.64. The van der Waals surface area contributed by atoms with E-state index in [0.717, 1.165) is 0 Å². The number of esters is 1. The number of benzene rings is 2. The van der Waals surface area contributed by atoms with Crippen molar-refractivity contribution in [3.8, 4) is 11.5 Å². The zero-order valence-corrected chi connectivity index (χ0v) is 16.1. The number of carbonyl (C=O) groups is 3. The molecule has 2 N–H and O–H groups in total. The molecule has 0 aliphatic heterocycles. The second kappa shape index (κ2) is 9.40. The SMILES string of the molecule is COc1ccc(OC)c(COC(=O)c2cc(NC(C)=O)cc(NC(C)=O)c2)c1. The largest absolute Gasteiger partial charge is 0.497 e. The van der Waals surface area contributed by atoms with Crippen LogP contribution in [0, 0.1) is 0 Å². The highest BCUT2D eigenvalue weighted by Crippen LogP contribution is 2.26. The van der Waals surface area contributed by atoms with Gasteiger partial charge in [0, 0.05) is 30.8 Å². The molecule has 0 aliphatic carbocycles. The zero-order valence-electron chi connectivity index (χ0n) is 16.1. The molecular weight excluding hydrogens is 364 g/mol. The van der Waals surface area contributed by atoms with Gasteiger partial charge in [-0.15, -0.1) is 0 Å². The number of methoxy groups -OCH3 is 2. The van der Waals surface area contributed by atoms with Crippen molar-refractivity contribution in [1.82, 2.24) is 0 Å². The number of hydrogen-bond donors (Lipinski definition) is 2. The van der Waals surface area contributed by atoms with Crippen molar-refractivity contribution in [2.45, 2.75) is 20.5 Å². The summed E-state index contributed by atoms with van der Waals surface area (Å²) in [6, 6.07) is 9.65. The lowest BCUT2D eigenvalue weighted by molar-refractivity contribution is -0.115. The maximum Gasteiger partial charge on any atom is 0.338 e. The maximum atomic E-state index is 12.5. The molecular formula is C20H22N2O6. The highest BCUT2D eigenvalue weighted by atomic mass is 16.5. The fraction of sp³-hybridized carbons (Fsp3) is 0.250. The molecule has 0 saturated carbocycles. The number of ether oxygens (including phenoxy) is 3. The summed E-state index contributed by atoms with van der Waals surface area (Å²) in [4.78, 5) is 35.2. The summed E-state index contributed by atoms with van der Waals surface area (Å²) in [6.45, 7) is 2.65. The standard InChI is InChI=1S/C20H22N2O6/c1-12(23)21-16-7-14(8-17(10-16)22-13(2)24)20(25)28-11-15-9-18(26-3)5-6-19(15)27-4/h5-10H,11H2,1-4H3,(H,21,23)(H,22,24). The fourth-order valence-corrected chi connectivity index (χ4v) is 2.52. The summed E-state index contributed by atoms with van der Waals surface area (Å²) in [5, 5.41) is 5.17. The van der Waals surface area contributed by atoms with Gasteiger partial charge >= 0.3 is 5.97 Å². The van der Waals surface area contributed by atoms with Gasteiger partial charge in [-0.1, -0.05) is 0 Å². The van der Waals surface area contributed by atoms with Gasteiger partial charge in [-0.3, -0.25) is 9.59 Å². The van der Waals surface area contributed by atoms with Crippen molar-refractivity contribution in [3.63, 3.8) is 0 Å². The molecule has 2 aromatic carbocycles. The minimum atomic E-state index is -0.622. The monoisotopic (exact) mass is 386 g/mol. The molecule has 0 unspecified atom stereocenters. The van der Waals surface area contributed by atoms with Crippen LogP contribution in [0.1, 0.15) is 29.8 Å². The van der Waals surface area contributed by atoms with Crippen LogP contribution in [0.3, 0.4) is 0 Å². The molecule has 28 heavy (non-hydrogen) atoms. The summed E-state index contributed by atoms with van der Waals surface area (Å²) in [5.41, 5.74) is 1.54. The molecule has 0 bridgehead atoms. The number of hydrogen-bond acceptors (Lipinski definition) is 6. The third-order valence-electron chi connectivity index (χ3n) is 3.66. The topological polar surface area (TPSA) is 103 Å². The van der Waals surface area contributed by atoms with E-state index in [-0.39, 0.29) is 24.0 Å². The Morgan fingerprint density at radius 1 is 0.857 bits per heavy atom. The Labute approximate surface area is 162 Å². The van der Waals surface area contributed by atoms with Crippen molar-refractivity contribution in [2.24, 2.45) is 0 Å². The molecule has 0 fully saturated rings. The molecule has 8 heteroatoms. The number of carbonyl (C=O) groups excluding carboxylic acids is 3. The van der Waals surface area contributed by atoms with Gasteiger partial charge < -0.3 is 24.8 Å². The molecule has 0 radical (unpaired) electrons. The lowest BCUT2D eigenvalue weighted by Gasteiger charge is -2.13. The molecule has 0 spiro atoms. The number of nitrogens with one attached hydrogen (secondary N) is 2. The highest BCUT2D eigenvalue weighted by Gasteiger charge is 2.14. The van der Waals surface area contributed by atoms with E-state index in [0.29, 0.717) is 28.4 Å². The minimum absolute atomic E-state index is 0.0426. The van der Waals surface area contributed by atoms with Crippen LogP contribution >= 0.6 is 0 Å².